The smallest absolute Gasteiger partial charge is 0.0105 e. The first kappa shape index (κ1) is 39.4. The van der Waals surface area contributed by atoms with Crippen molar-refractivity contribution in [1.29, 1.82) is 0 Å². The van der Waals surface area contributed by atoms with Crippen molar-refractivity contribution in [2.45, 2.75) is 0 Å². The molecule has 9 aromatic rings. The van der Waals surface area contributed by atoms with Crippen LogP contribution >= 0.6 is 0 Å². The summed E-state index contributed by atoms with van der Waals surface area (Å²) < 4.78 is 0. The Morgan fingerprint density at radius 3 is 0.742 bits per heavy atom. The van der Waals surface area contributed by atoms with Gasteiger partial charge in [-0.1, -0.05) is 267 Å². The third-order valence-electron chi connectivity index (χ3n) is 11.2. The molecule has 0 fully saturated rings. The van der Waals surface area contributed by atoms with Gasteiger partial charge >= 0.3 is 0 Å². The Kier molecular flexibility index (Phi) is 12.3. The van der Waals surface area contributed by atoms with Gasteiger partial charge in [0, 0.05) is 0 Å². The van der Waals surface area contributed by atoms with Crippen molar-refractivity contribution in [2.24, 2.45) is 0 Å². The van der Waals surface area contributed by atoms with Crippen molar-refractivity contribution in [3.63, 3.8) is 0 Å². The zero-order valence-corrected chi connectivity index (χ0v) is 34.6. The summed E-state index contributed by atoms with van der Waals surface area (Å²) in [6.07, 6.45) is 13.6. The molecule has 0 spiro atoms. The van der Waals surface area contributed by atoms with Gasteiger partial charge in [0.15, 0.2) is 0 Å². The van der Waals surface area contributed by atoms with Crippen LogP contribution < -0.4 is 0 Å². The van der Waals surface area contributed by atoms with Gasteiger partial charge in [-0.25, -0.2) is 0 Å². The maximum Gasteiger partial charge on any atom is -0.0105 e. The van der Waals surface area contributed by atoms with Crippen LogP contribution in [0.25, 0.3) is 69.9 Å². The Morgan fingerprint density at radius 2 is 0.419 bits per heavy atom. The van der Waals surface area contributed by atoms with Crippen LogP contribution in [0, 0.1) is 0 Å². The fourth-order valence-electron chi connectivity index (χ4n) is 7.92. The molecule has 0 heterocycles. The predicted molar refractivity (Wildman–Crippen MR) is 268 cm³/mol. The zero-order valence-electron chi connectivity index (χ0n) is 34.6. The molecule has 0 radical (unpaired) electrons. The van der Waals surface area contributed by atoms with E-state index in [1.165, 1.54) is 55.7 Å². The van der Waals surface area contributed by atoms with E-state index in [9.17, 15) is 0 Å². The first-order valence-corrected chi connectivity index (χ1v) is 21.2. The van der Waals surface area contributed by atoms with Crippen LogP contribution in [0.4, 0.5) is 0 Å². The molecule has 62 heavy (non-hydrogen) atoms. The first-order valence-electron chi connectivity index (χ1n) is 21.2. The average Bonchev–Trinajstić information content (AvgIpc) is 3.35. The van der Waals surface area contributed by atoms with Crippen molar-refractivity contribution in [3.8, 4) is 22.3 Å². The second kappa shape index (κ2) is 19.3. The highest BCUT2D eigenvalue weighted by molar-refractivity contribution is 5.95. The fraction of sp³-hybridized carbons (Fsp3) is 0. The monoisotopic (exact) mass is 790 g/mol. The van der Waals surface area contributed by atoms with Gasteiger partial charge in [-0.05, 0) is 101 Å². The van der Waals surface area contributed by atoms with Crippen LogP contribution in [-0.4, -0.2) is 0 Å². The molecule has 9 aromatic carbocycles. The van der Waals surface area contributed by atoms with Crippen LogP contribution in [0.3, 0.4) is 0 Å². The number of hydrogen-bond donors (Lipinski definition) is 0. The van der Waals surface area contributed by atoms with Crippen molar-refractivity contribution >= 4 is 47.6 Å². The number of benzene rings is 9. The highest BCUT2D eigenvalue weighted by Gasteiger charge is 2.10. The molecule has 0 nitrogen and oxygen atoms in total. The van der Waals surface area contributed by atoms with Crippen LogP contribution in [0.2, 0.25) is 0 Å². The summed E-state index contributed by atoms with van der Waals surface area (Å²) in [6.45, 7) is 0. The Hall–Kier alpha value is -8.06. The largest absolute Gasteiger partial charge is 0.0622 e. The molecule has 0 saturated heterocycles. The van der Waals surface area contributed by atoms with Gasteiger partial charge < -0.3 is 0 Å². The molecule has 0 N–H and O–H groups in total. The van der Waals surface area contributed by atoms with Crippen LogP contribution in [0.5, 0.6) is 0 Å². The minimum Gasteiger partial charge on any atom is -0.0622 e. The summed E-state index contributed by atoms with van der Waals surface area (Å²) in [5, 5.41) is 0. The van der Waals surface area contributed by atoms with E-state index in [0.29, 0.717) is 0 Å². The average molecular weight is 791 g/mol. The highest BCUT2D eigenvalue weighted by atomic mass is 14.1. The Morgan fingerprint density at radius 1 is 0.194 bits per heavy atom. The van der Waals surface area contributed by atoms with Crippen LogP contribution in [-0.2, 0) is 0 Å². The summed E-state index contributed by atoms with van der Waals surface area (Å²) in [4.78, 5) is 0. The van der Waals surface area contributed by atoms with E-state index in [2.05, 4.69) is 279 Å². The molecule has 0 aliphatic heterocycles. The van der Waals surface area contributed by atoms with Crippen LogP contribution in [0.1, 0.15) is 55.6 Å². The maximum absolute atomic E-state index is 2.32. The molecule has 0 amide bonds. The van der Waals surface area contributed by atoms with Gasteiger partial charge in [-0.3, -0.25) is 0 Å². The first-order chi connectivity index (χ1) is 30.7. The van der Waals surface area contributed by atoms with Crippen molar-refractivity contribution in [3.05, 3.63) is 298 Å². The van der Waals surface area contributed by atoms with Gasteiger partial charge in [0.05, 0.1) is 0 Å². The SMILES string of the molecule is C(=Cc1ccccc1C=C(c1ccccc1)c1ccc(-c2ccccc2)cc1)c1ccccc1C=Cc1ccccc1C=C(c1ccccc1)c1ccc(-c2ccccc2)cc1. The molecule has 0 heteroatoms. The van der Waals surface area contributed by atoms with Gasteiger partial charge in [0.2, 0.25) is 0 Å². The third kappa shape index (κ3) is 9.53. The molecule has 0 aliphatic carbocycles. The summed E-state index contributed by atoms with van der Waals surface area (Å²) >= 11 is 0. The fourth-order valence-corrected chi connectivity index (χ4v) is 7.92. The molecule has 0 aromatic heterocycles. The Bertz CT molecular complexity index is 2780. The van der Waals surface area contributed by atoms with E-state index in [1.807, 2.05) is 0 Å². The lowest BCUT2D eigenvalue weighted by atomic mass is 9.92. The molecular formula is C62H46. The minimum atomic E-state index is 1.15. The third-order valence-corrected chi connectivity index (χ3v) is 11.2. The quantitative estimate of drug-likeness (QED) is 0.108. The van der Waals surface area contributed by atoms with Gasteiger partial charge in [-0.15, -0.1) is 0 Å². The van der Waals surface area contributed by atoms with E-state index < -0.39 is 0 Å². The van der Waals surface area contributed by atoms with E-state index in [-0.39, 0.29) is 0 Å². The second-order valence-electron chi connectivity index (χ2n) is 15.3. The topological polar surface area (TPSA) is 0 Å². The Balaban J connectivity index is 1.02. The van der Waals surface area contributed by atoms with Gasteiger partial charge in [-0.2, -0.15) is 0 Å². The summed E-state index contributed by atoms with van der Waals surface area (Å²) in [5.74, 6) is 0. The molecule has 0 aliphatic rings. The van der Waals surface area contributed by atoms with E-state index in [0.717, 1.165) is 33.4 Å². The molecule has 0 unspecified atom stereocenters. The van der Waals surface area contributed by atoms with Crippen LogP contribution in [0.15, 0.2) is 243 Å². The minimum absolute atomic E-state index is 1.15. The van der Waals surface area contributed by atoms with Gasteiger partial charge in [0.25, 0.3) is 0 Å². The van der Waals surface area contributed by atoms with E-state index in [1.54, 1.807) is 0 Å². The van der Waals surface area contributed by atoms with Gasteiger partial charge in [0.1, 0.15) is 0 Å². The zero-order chi connectivity index (χ0) is 41.8. The molecule has 9 rings (SSSR count). The lowest BCUT2D eigenvalue weighted by molar-refractivity contribution is 1.53. The van der Waals surface area contributed by atoms with Crippen molar-refractivity contribution < 1.29 is 0 Å². The summed E-state index contributed by atoms with van der Waals surface area (Å²) in [6, 6.07) is 86.2. The van der Waals surface area contributed by atoms with E-state index in [4.69, 9.17) is 0 Å². The van der Waals surface area contributed by atoms with Crippen molar-refractivity contribution in [2.75, 3.05) is 0 Å². The predicted octanol–water partition coefficient (Wildman–Crippen LogP) is 16.5. The lowest BCUT2D eigenvalue weighted by Gasteiger charge is -2.12. The summed E-state index contributed by atoms with van der Waals surface area (Å²) in [7, 11) is 0. The second-order valence-corrected chi connectivity index (χ2v) is 15.3. The normalized spacial score (nSPS) is 11.9. The maximum atomic E-state index is 2.32. The standard InChI is InChI=1S/C62H46/c1-5-19-47(20-6-1)53-37-41-57(42-38-53)61(55-27-9-3-10-28-55)45-59-31-17-15-25-51(59)35-33-49-23-13-14-24-50(49)34-36-52-26-16-18-32-60(52)46-62(56-29-11-4-12-30-56)58-43-39-54(40-44-58)48-21-7-2-8-22-48/h1-46H. The molecule has 0 bridgehead atoms. The summed E-state index contributed by atoms with van der Waals surface area (Å²) in [5.41, 5.74) is 18.9. The van der Waals surface area contributed by atoms with E-state index >= 15 is 0 Å². The number of hydrogen-bond acceptors (Lipinski definition) is 0. The molecular weight excluding hydrogens is 745 g/mol. The lowest BCUT2D eigenvalue weighted by Crippen LogP contribution is -1.90. The molecule has 0 saturated carbocycles. The van der Waals surface area contributed by atoms with Crippen molar-refractivity contribution in [1.82, 2.24) is 0 Å². The highest BCUT2D eigenvalue weighted by Crippen LogP contribution is 2.32. The Labute approximate surface area is 366 Å². The number of rotatable bonds is 12. The molecule has 294 valence electrons. The molecule has 0 atom stereocenters.